The van der Waals surface area contributed by atoms with Crippen LogP contribution in [0.25, 0.3) is 11.4 Å². The second kappa shape index (κ2) is 7.17. The van der Waals surface area contributed by atoms with E-state index in [1.54, 1.807) is 7.11 Å². The summed E-state index contributed by atoms with van der Waals surface area (Å²) in [6, 6.07) is 16.9. The first kappa shape index (κ1) is 16.7. The highest BCUT2D eigenvalue weighted by Crippen LogP contribution is 2.24. The Labute approximate surface area is 146 Å². The van der Waals surface area contributed by atoms with Gasteiger partial charge in [-0.15, -0.1) is 5.10 Å². The van der Waals surface area contributed by atoms with Gasteiger partial charge in [0.1, 0.15) is 5.75 Å². The Morgan fingerprint density at radius 1 is 1.16 bits per heavy atom. The van der Waals surface area contributed by atoms with Gasteiger partial charge in [0.25, 0.3) is 5.91 Å². The summed E-state index contributed by atoms with van der Waals surface area (Å²) in [6.07, 6.45) is 0.653. The summed E-state index contributed by atoms with van der Waals surface area (Å²) in [5, 5.41) is 4.32. The highest BCUT2D eigenvalue weighted by Gasteiger charge is 2.24. The topological polar surface area (TPSA) is 83.0 Å². The van der Waals surface area contributed by atoms with Crippen LogP contribution in [0.1, 0.15) is 29.6 Å². The molecule has 0 aliphatic carbocycles. The first-order valence-electron chi connectivity index (χ1n) is 8.10. The summed E-state index contributed by atoms with van der Waals surface area (Å²) in [7, 11) is 1.60. The molecule has 3 aromatic rings. The van der Waals surface area contributed by atoms with E-state index >= 15 is 0 Å². The number of nitrogens with two attached hydrogens (primary N) is 1. The summed E-state index contributed by atoms with van der Waals surface area (Å²) < 4.78 is 6.34. The molecule has 0 saturated heterocycles. The molecule has 0 spiro atoms. The number of benzene rings is 2. The van der Waals surface area contributed by atoms with E-state index in [0.717, 1.165) is 16.9 Å². The van der Waals surface area contributed by atoms with Gasteiger partial charge in [0.2, 0.25) is 5.95 Å². The molecule has 1 unspecified atom stereocenters. The monoisotopic (exact) mass is 336 g/mol. The van der Waals surface area contributed by atoms with E-state index in [1.807, 2.05) is 61.5 Å². The summed E-state index contributed by atoms with van der Waals surface area (Å²) >= 11 is 0. The standard InChI is InChI=1S/C19H20N4O2/c1-3-16(13-7-5-4-6-8-13)18(24)23-19(20)21-17(22-23)14-9-11-15(25-2)12-10-14/h4-12,16H,3H2,1-2H3,(H2,20,21,22). The van der Waals surface area contributed by atoms with Gasteiger partial charge in [-0.3, -0.25) is 4.79 Å². The molecule has 0 amide bonds. The molecule has 1 aromatic heterocycles. The first-order chi connectivity index (χ1) is 12.1. The molecular formula is C19H20N4O2. The lowest BCUT2D eigenvalue weighted by Gasteiger charge is -2.13. The lowest BCUT2D eigenvalue weighted by atomic mass is 9.96. The number of hydrogen-bond acceptors (Lipinski definition) is 5. The van der Waals surface area contributed by atoms with E-state index in [1.165, 1.54) is 4.68 Å². The molecule has 0 aliphatic heterocycles. The highest BCUT2D eigenvalue weighted by molar-refractivity contribution is 5.87. The highest BCUT2D eigenvalue weighted by atomic mass is 16.5. The van der Waals surface area contributed by atoms with Gasteiger partial charge in [0.05, 0.1) is 13.0 Å². The molecule has 1 heterocycles. The Morgan fingerprint density at radius 2 is 1.84 bits per heavy atom. The molecule has 25 heavy (non-hydrogen) atoms. The number of aromatic nitrogens is 3. The number of ether oxygens (including phenoxy) is 1. The molecule has 2 N–H and O–H groups in total. The molecule has 0 bridgehead atoms. The molecule has 128 valence electrons. The number of anilines is 1. The van der Waals surface area contributed by atoms with Crippen LogP contribution in [0.2, 0.25) is 0 Å². The number of methoxy groups -OCH3 is 1. The molecule has 2 aromatic carbocycles. The second-order valence-corrected chi connectivity index (χ2v) is 5.64. The fourth-order valence-corrected chi connectivity index (χ4v) is 2.73. The molecule has 6 nitrogen and oxygen atoms in total. The zero-order valence-electron chi connectivity index (χ0n) is 14.2. The van der Waals surface area contributed by atoms with E-state index in [4.69, 9.17) is 10.5 Å². The molecule has 3 rings (SSSR count). The van der Waals surface area contributed by atoms with Crippen molar-refractivity contribution in [1.29, 1.82) is 0 Å². The van der Waals surface area contributed by atoms with E-state index in [0.29, 0.717) is 12.2 Å². The van der Waals surface area contributed by atoms with Crippen molar-refractivity contribution in [1.82, 2.24) is 14.8 Å². The van der Waals surface area contributed by atoms with Gasteiger partial charge >= 0.3 is 0 Å². The third-order valence-electron chi connectivity index (χ3n) is 4.10. The Morgan fingerprint density at radius 3 is 2.44 bits per heavy atom. The Kier molecular flexibility index (Phi) is 4.79. The number of rotatable bonds is 5. The zero-order valence-corrected chi connectivity index (χ0v) is 14.2. The number of hydrogen-bond donors (Lipinski definition) is 1. The molecule has 0 aliphatic rings. The van der Waals surface area contributed by atoms with Crippen LogP contribution in [0.3, 0.4) is 0 Å². The number of carbonyl (C=O) groups excluding carboxylic acids is 1. The molecule has 0 fully saturated rings. The van der Waals surface area contributed by atoms with Crippen molar-refractivity contribution in [3.63, 3.8) is 0 Å². The molecular weight excluding hydrogens is 316 g/mol. The molecule has 1 atom stereocenters. The maximum Gasteiger partial charge on any atom is 0.257 e. The lowest BCUT2D eigenvalue weighted by Crippen LogP contribution is -2.22. The van der Waals surface area contributed by atoms with Crippen LogP contribution in [-0.2, 0) is 0 Å². The van der Waals surface area contributed by atoms with Crippen molar-refractivity contribution in [3.05, 3.63) is 60.2 Å². The van der Waals surface area contributed by atoms with Gasteiger partial charge < -0.3 is 10.5 Å². The third kappa shape index (κ3) is 3.38. The van der Waals surface area contributed by atoms with Crippen LogP contribution in [0, 0.1) is 0 Å². The third-order valence-corrected chi connectivity index (χ3v) is 4.10. The molecule has 0 radical (unpaired) electrons. The van der Waals surface area contributed by atoms with E-state index in [9.17, 15) is 4.79 Å². The van der Waals surface area contributed by atoms with Gasteiger partial charge in [-0.2, -0.15) is 9.67 Å². The number of nitrogen functional groups attached to an aromatic ring is 1. The van der Waals surface area contributed by atoms with E-state index in [2.05, 4.69) is 10.1 Å². The van der Waals surface area contributed by atoms with E-state index in [-0.39, 0.29) is 17.8 Å². The Hall–Kier alpha value is -3.15. The average Bonchev–Trinajstić information content (AvgIpc) is 3.05. The SMILES string of the molecule is CCC(C(=O)n1nc(-c2ccc(OC)cc2)nc1N)c1ccccc1. The molecule has 0 saturated carbocycles. The minimum atomic E-state index is -0.311. The van der Waals surface area contributed by atoms with Crippen LogP contribution < -0.4 is 10.5 Å². The maximum atomic E-state index is 12.9. The average molecular weight is 336 g/mol. The maximum absolute atomic E-state index is 12.9. The zero-order chi connectivity index (χ0) is 17.8. The van der Waals surface area contributed by atoms with Crippen LogP contribution in [0.15, 0.2) is 54.6 Å². The van der Waals surface area contributed by atoms with Crippen molar-refractivity contribution in [2.45, 2.75) is 19.3 Å². The first-order valence-corrected chi connectivity index (χ1v) is 8.10. The van der Waals surface area contributed by atoms with Gasteiger partial charge in [0, 0.05) is 5.56 Å². The van der Waals surface area contributed by atoms with Crippen LogP contribution in [0.5, 0.6) is 5.75 Å². The minimum absolute atomic E-state index is 0.0881. The summed E-state index contributed by atoms with van der Waals surface area (Å²) in [5.41, 5.74) is 7.66. The van der Waals surface area contributed by atoms with E-state index < -0.39 is 0 Å². The Bertz CT molecular complexity index is 857. The van der Waals surface area contributed by atoms with Crippen molar-refractivity contribution in [2.75, 3.05) is 12.8 Å². The normalized spacial score (nSPS) is 11.9. The van der Waals surface area contributed by atoms with Gasteiger partial charge in [-0.1, -0.05) is 37.3 Å². The summed E-state index contributed by atoms with van der Waals surface area (Å²) in [4.78, 5) is 17.1. The van der Waals surface area contributed by atoms with Gasteiger partial charge in [-0.05, 0) is 36.2 Å². The summed E-state index contributed by atoms with van der Waals surface area (Å²) in [5.74, 6) is 0.747. The van der Waals surface area contributed by atoms with Crippen LogP contribution in [0.4, 0.5) is 5.95 Å². The van der Waals surface area contributed by atoms with Crippen LogP contribution >= 0.6 is 0 Å². The number of nitrogens with zero attached hydrogens (tertiary/aromatic N) is 3. The smallest absolute Gasteiger partial charge is 0.257 e. The van der Waals surface area contributed by atoms with Crippen LogP contribution in [-0.4, -0.2) is 27.8 Å². The van der Waals surface area contributed by atoms with Gasteiger partial charge in [0.15, 0.2) is 5.82 Å². The minimum Gasteiger partial charge on any atom is -0.497 e. The largest absolute Gasteiger partial charge is 0.497 e. The quantitative estimate of drug-likeness (QED) is 0.772. The fraction of sp³-hybridized carbons (Fsp3) is 0.211. The summed E-state index contributed by atoms with van der Waals surface area (Å²) in [6.45, 7) is 1.97. The van der Waals surface area contributed by atoms with Crippen molar-refractivity contribution in [3.8, 4) is 17.1 Å². The number of carbonyl (C=O) groups is 1. The second-order valence-electron chi connectivity index (χ2n) is 5.64. The predicted molar refractivity (Wildman–Crippen MR) is 96.5 cm³/mol. The van der Waals surface area contributed by atoms with Crippen molar-refractivity contribution >= 4 is 11.9 Å². The fourth-order valence-electron chi connectivity index (χ4n) is 2.73. The predicted octanol–water partition coefficient (Wildman–Crippen LogP) is 3.37. The molecule has 6 heteroatoms. The Balaban J connectivity index is 1.92. The van der Waals surface area contributed by atoms with Crippen molar-refractivity contribution < 1.29 is 9.53 Å². The van der Waals surface area contributed by atoms with Gasteiger partial charge in [-0.25, -0.2) is 0 Å². The lowest BCUT2D eigenvalue weighted by molar-refractivity contribution is 0.0862. The van der Waals surface area contributed by atoms with Crippen molar-refractivity contribution in [2.24, 2.45) is 0 Å².